The van der Waals surface area contributed by atoms with Crippen molar-refractivity contribution in [1.82, 2.24) is 0 Å². The molecule has 1 N–H and O–H groups in total. The van der Waals surface area contributed by atoms with Crippen LogP contribution in [0.15, 0.2) is 0 Å². The van der Waals surface area contributed by atoms with Gasteiger partial charge in [-0.1, -0.05) is 19.3 Å². The highest BCUT2D eigenvalue weighted by Crippen LogP contribution is 2.39. The van der Waals surface area contributed by atoms with E-state index in [2.05, 4.69) is 0 Å². The van der Waals surface area contributed by atoms with Gasteiger partial charge in [0.2, 0.25) is 0 Å². The number of aliphatic hydroxyl groups is 1. The summed E-state index contributed by atoms with van der Waals surface area (Å²) in [5.41, 5.74) is 0. The van der Waals surface area contributed by atoms with E-state index in [4.69, 9.17) is 4.74 Å². The predicted octanol–water partition coefficient (Wildman–Crippen LogP) is 1.82. The first-order valence-electron chi connectivity index (χ1n) is 5.60. The minimum Gasteiger partial charge on any atom is -0.396 e. The predicted molar refractivity (Wildman–Crippen MR) is 51.5 cm³/mol. The van der Waals surface area contributed by atoms with Crippen LogP contribution in [0.3, 0.4) is 0 Å². The van der Waals surface area contributed by atoms with Crippen LogP contribution in [0.25, 0.3) is 0 Å². The summed E-state index contributed by atoms with van der Waals surface area (Å²) in [5, 5.41) is 9.36. The van der Waals surface area contributed by atoms with Crippen LogP contribution in [0.2, 0.25) is 0 Å². The quantitative estimate of drug-likeness (QED) is 0.725. The Bertz CT molecular complexity index is 148. The van der Waals surface area contributed by atoms with Crippen molar-refractivity contribution < 1.29 is 9.84 Å². The molecule has 1 heterocycles. The Kier molecular flexibility index (Phi) is 3.23. The van der Waals surface area contributed by atoms with Crippen molar-refractivity contribution >= 4 is 0 Å². The van der Waals surface area contributed by atoms with Gasteiger partial charge in [-0.25, -0.2) is 0 Å². The molecule has 2 atom stereocenters. The van der Waals surface area contributed by atoms with Crippen molar-refractivity contribution in [1.29, 1.82) is 0 Å². The summed E-state index contributed by atoms with van der Waals surface area (Å²) in [4.78, 5) is 0. The van der Waals surface area contributed by atoms with Gasteiger partial charge < -0.3 is 9.84 Å². The lowest BCUT2D eigenvalue weighted by Crippen LogP contribution is -2.35. The maximum absolute atomic E-state index is 9.36. The second-order valence-corrected chi connectivity index (χ2v) is 4.51. The van der Waals surface area contributed by atoms with Gasteiger partial charge >= 0.3 is 0 Å². The second kappa shape index (κ2) is 4.43. The number of hydrogen-bond acceptors (Lipinski definition) is 2. The summed E-state index contributed by atoms with van der Waals surface area (Å²) in [6.45, 7) is 2.19. The van der Waals surface area contributed by atoms with Gasteiger partial charge in [-0.05, 0) is 30.6 Å². The molecule has 1 aliphatic heterocycles. The zero-order chi connectivity index (χ0) is 9.10. The lowest BCUT2D eigenvalue weighted by Gasteiger charge is -2.39. The summed E-state index contributed by atoms with van der Waals surface area (Å²) >= 11 is 0. The minimum absolute atomic E-state index is 0.374. The molecule has 0 aromatic carbocycles. The lowest BCUT2D eigenvalue weighted by molar-refractivity contribution is -0.0153. The summed E-state index contributed by atoms with van der Waals surface area (Å²) in [6.07, 6.45) is 6.49. The van der Waals surface area contributed by atoms with Crippen molar-refractivity contribution in [3.8, 4) is 0 Å². The van der Waals surface area contributed by atoms with Crippen molar-refractivity contribution in [3.63, 3.8) is 0 Å². The third-order valence-electron chi connectivity index (χ3n) is 3.77. The fraction of sp³-hybridized carbons (Fsp3) is 1.00. The fourth-order valence-corrected chi connectivity index (χ4v) is 2.65. The van der Waals surface area contributed by atoms with Gasteiger partial charge in [-0.15, -0.1) is 0 Å². The molecule has 2 fully saturated rings. The average Bonchev–Trinajstić information content (AvgIpc) is 2.12. The summed E-state index contributed by atoms with van der Waals surface area (Å²) in [6, 6.07) is 0. The van der Waals surface area contributed by atoms with Gasteiger partial charge in [0.1, 0.15) is 0 Å². The number of rotatable bonds is 3. The molecule has 0 spiro atoms. The molecule has 13 heavy (non-hydrogen) atoms. The monoisotopic (exact) mass is 184 g/mol. The maximum atomic E-state index is 9.36. The number of hydrogen-bond donors (Lipinski definition) is 1. The van der Waals surface area contributed by atoms with Crippen LogP contribution in [0.4, 0.5) is 0 Å². The first kappa shape index (κ1) is 9.47. The van der Waals surface area contributed by atoms with E-state index in [0.717, 1.165) is 19.1 Å². The molecule has 0 amide bonds. The van der Waals surface area contributed by atoms with Crippen LogP contribution in [0.5, 0.6) is 0 Å². The highest BCUT2D eigenvalue weighted by Gasteiger charge is 2.33. The Balaban J connectivity index is 1.86. The molecule has 2 aliphatic rings. The Hall–Kier alpha value is -0.0800. The molecule has 0 bridgehead atoms. The topological polar surface area (TPSA) is 29.5 Å². The van der Waals surface area contributed by atoms with E-state index in [0.29, 0.717) is 18.4 Å². The largest absolute Gasteiger partial charge is 0.396 e. The summed E-state index contributed by atoms with van der Waals surface area (Å²) in [7, 11) is 0. The highest BCUT2D eigenvalue weighted by molar-refractivity contribution is 4.83. The van der Waals surface area contributed by atoms with E-state index in [9.17, 15) is 5.11 Å². The van der Waals surface area contributed by atoms with Gasteiger partial charge in [0.15, 0.2) is 0 Å². The van der Waals surface area contributed by atoms with Crippen molar-refractivity contribution in [2.24, 2.45) is 17.8 Å². The van der Waals surface area contributed by atoms with Crippen molar-refractivity contribution in [3.05, 3.63) is 0 Å². The molecule has 1 saturated heterocycles. The number of ether oxygens (including phenoxy) is 1. The highest BCUT2D eigenvalue weighted by atomic mass is 16.5. The third kappa shape index (κ3) is 2.05. The van der Waals surface area contributed by atoms with E-state index in [1.807, 2.05) is 0 Å². The molecule has 1 aliphatic carbocycles. The molecule has 2 nitrogen and oxygen atoms in total. The average molecular weight is 184 g/mol. The molecular weight excluding hydrogens is 164 g/mol. The molecule has 2 unspecified atom stereocenters. The fourth-order valence-electron chi connectivity index (χ4n) is 2.65. The van der Waals surface area contributed by atoms with Crippen molar-refractivity contribution in [2.75, 3.05) is 19.8 Å². The van der Waals surface area contributed by atoms with Crippen LogP contribution in [0, 0.1) is 17.8 Å². The molecule has 2 rings (SSSR count). The van der Waals surface area contributed by atoms with Gasteiger partial charge in [0, 0.05) is 19.8 Å². The Morgan fingerprint density at radius 2 is 1.92 bits per heavy atom. The normalized spacial score (nSPS) is 32.5. The van der Waals surface area contributed by atoms with E-state index >= 15 is 0 Å². The Morgan fingerprint density at radius 1 is 1.15 bits per heavy atom. The molecule has 1 saturated carbocycles. The van der Waals surface area contributed by atoms with E-state index in [-0.39, 0.29) is 0 Å². The van der Waals surface area contributed by atoms with Gasteiger partial charge in [-0.3, -0.25) is 0 Å². The lowest BCUT2D eigenvalue weighted by atomic mass is 9.70. The Labute approximate surface area is 80.3 Å². The van der Waals surface area contributed by atoms with E-state index in [1.165, 1.54) is 32.1 Å². The van der Waals surface area contributed by atoms with Gasteiger partial charge in [-0.2, -0.15) is 0 Å². The first-order chi connectivity index (χ1) is 6.42. The first-order valence-corrected chi connectivity index (χ1v) is 5.60. The van der Waals surface area contributed by atoms with Gasteiger partial charge in [0.25, 0.3) is 0 Å². The molecule has 76 valence electrons. The van der Waals surface area contributed by atoms with Crippen molar-refractivity contribution in [2.45, 2.75) is 32.1 Å². The smallest absolute Gasteiger partial charge is 0.0497 e. The Morgan fingerprint density at radius 3 is 2.38 bits per heavy atom. The van der Waals surface area contributed by atoms with Crippen LogP contribution in [0.1, 0.15) is 32.1 Å². The summed E-state index contributed by atoms with van der Waals surface area (Å²) < 4.78 is 5.47. The maximum Gasteiger partial charge on any atom is 0.0497 e. The van der Waals surface area contributed by atoms with E-state index < -0.39 is 0 Å². The second-order valence-electron chi connectivity index (χ2n) is 4.51. The molecule has 0 aromatic rings. The van der Waals surface area contributed by atoms with E-state index in [1.54, 1.807) is 0 Å². The van der Waals surface area contributed by atoms with Gasteiger partial charge in [0.05, 0.1) is 0 Å². The SMILES string of the molecule is OCC(C1CCC1)C1CCCOC1. The molecular formula is C11H20O2. The summed E-state index contributed by atoms with van der Waals surface area (Å²) in [5.74, 6) is 1.98. The van der Waals surface area contributed by atoms with Crippen LogP contribution < -0.4 is 0 Å². The molecule has 2 heteroatoms. The molecule has 0 aromatic heterocycles. The standard InChI is InChI=1S/C11H20O2/c12-7-11(9-3-1-4-9)10-5-2-6-13-8-10/h9-12H,1-8H2. The zero-order valence-electron chi connectivity index (χ0n) is 8.24. The number of aliphatic hydroxyl groups excluding tert-OH is 1. The van der Waals surface area contributed by atoms with Crippen LogP contribution in [-0.4, -0.2) is 24.9 Å². The van der Waals surface area contributed by atoms with Crippen LogP contribution >= 0.6 is 0 Å². The zero-order valence-corrected chi connectivity index (χ0v) is 8.24. The third-order valence-corrected chi connectivity index (χ3v) is 3.77. The minimum atomic E-state index is 0.374. The van der Waals surface area contributed by atoms with Crippen LogP contribution in [-0.2, 0) is 4.74 Å². The molecule has 0 radical (unpaired) electrons.